The smallest absolute Gasteiger partial charge is 0.373 e. The number of anilines is 1. The van der Waals surface area contributed by atoms with Gasteiger partial charge in [0.1, 0.15) is 5.82 Å². The Kier molecular flexibility index (Phi) is 4.16. The van der Waals surface area contributed by atoms with E-state index in [-0.39, 0.29) is 11.4 Å². The first-order valence-electron chi connectivity index (χ1n) is 6.60. The Morgan fingerprint density at radius 1 is 1.14 bits per heavy atom. The van der Waals surface area contributed by atoms with Gasteiger partial charge in [-0.1, -0.05) is 25.1 Å². The van der Waals surface area contributed by atoms with Gasteiger partial charge < -0.3 is 5.32 Å². The number of nitrogens with one attached hydrogen (secondary N) is 1. The van der Waals surface area contributed by atoms with Crippen molar-refractivity contribution in [1.29, 1.82) is 0 Å². The van der Waals surface area contributed by atoms with Crippen molar-refractivity contribution in [2.24, 2.45) is 0 Å². The van der Waals surface area contributed by atoms with E-state index in [4.69, 9.17) is 0 Å². The van der Waals surface area contributed by atoms with Crippen molar-refractivity contribution in [3.8, 4) is 11.4 Å². The third-order valence-electron chi connectivity index (χ3n) is 3.29. The first kappa shape index (κ1) is 15.3. The largest absolute Gasteiger partial charge is 0.417 e. The molecule has 0 aliphatic rings. The Labute approximate surface area is 121 Å². The zero-order valence-corrected chi connectivity index (χ0v) is 12.0. The fraction of sp³-hybridized carbons (Fsp3) is 0.333. The van der Waals surface area contributed by atoms with E-state index in [0.717, 1.165) is 17.3 Å². The number of nitrogens with zero attached hydrogens (tertiary/aromatic N) is 2. The molecule has 2 rings (SSSR count). The highest BCUT2D eigenvalue weighted by Crippen LogP contribution is 2.36. The predicted molar refractivity (Wildman–Crippen MR) is 76.1 cm³/mol. The lowest BCUT2D eigenvalue weighted by Gasteiger charge is -2.15. The number of aryl methyl sites for hydroxylation is 1. The summed E-state index contributed by atoms with van der Waals surface area (Å²) >= 11 is 0. The molecule has 3 nitrogen and oxygen atoms in total. The molecule has 112 valence electrons. The van der Waals surface area contributed by atoms with Crippen LogP contribution in [-0.4, -0.2) is 17.0 Å². The number of alkyl halides is 3. The van der Waals surface area contributed by atoms with E-state index in [9.17, 15) is 13.2 Å². The summed E-state index contributed by atoms with van der Waals surface area (Å²) < 4.78 is 39.3. The molecule has 2 aromatic rings. The molecule has 0 aliphatic carbocycles. The second-order valence-corrected chi connectivity index (χ2v) is 4.61. The Morgan fingerprint density at radius 2 is 1.81 bits per heavy atom. The molecule has 0 amide bonds. The van der Waals surface area contributed by atoms with Gasteiger partial charge in [0, 0.05) is 23.9 Å². The highest BCUT2D eigenvalue weighted by Gasteiger charge is 2.34. The summed E-state index contributed by atoms with van der Waals surface area (Å²) in [5.41, 5.74) is 0.865. The van der Waals surface area contributed by atoms with Crippen LogP contribution in [0.4, 0.5) is 19.0 Å². The molecule has 1 heterocycles. The number of aromatic nitrogens is 2. The molecule has 0 radical (unpaired) electrons. The fourth-order valence-electron chi connectivity index (χ4n) is 2.20. The van der Waals surface area contributed by atoms with Crippen LogP contribution in [0.2, 0.25) is 0 Å². The molecule has 6 heteroatoms. The predicted octanol–water partition coefficient (Wildman–Crippen LogP) is 4.07. The second-order valence-electron chi connectivity index (χ2n) is 4.61. The molecule has 0 saturated heterocycles. The van der Waals surface area contributed by atoms with E-state index in [2.05, 4.69) is 15.3 Å². The van der Waals surface area contributed by atoms with E-state index in [1.165, 1.54) is 12.1 Å². The molecule has 0 unspecified atom stereocenters. The highest BCUT2D eigenvalue weighted by atomic mass is 19.4. The van der Waals surface area contributed by atoms with Crippen molar-refractivity contribution < 1.29 is 13.2 Å². The van der Waals surface area contributed by atoms with Gasteiger partial charge in [-0.15, -0.1) is 0 Å². The van der Waals surface area contributed by atoms with Gasteiger partial charge in [0.25, 0.3) is 0 Å². The SMILES string of the molecule is CCc1nc(-c2ccccc2C(F)(F)F)nc(NC)c1C. The average Bonchev–Trinajstić information content (AvgIpc) is 2.46. The standard InChI is InChI=1S/C15H16F3N3/c1-4-12-9(2)13(19-3)21-14(20-12)10-7-5-6-8-11(10)15(16,17)18/h5-8H,4H2,1-3H3,(H,19,20,21). The number of hydrogen-bond donors (Lipinski definition) is 1. The molecule has 0 spiro atoms. The Morgan fingerprint density at radius 3 is 2.38 bits per heavy atom. The summed E-state index contributed by atoms with van der Waals surface area (Å²) in [6.07, 6.45) is -3.80. The van der Waals surface area contributed by atoms with Gasteiger partial charge in [-0.2, -0.15) is 13.2 Å². The van der Waals surface area contributed by atoms with Crippen LogP contribution in [0.15, 0.2) is 24.3 Å². The summed E-state index contributed by atoms with van der Waals surface area (Å²) in [6.45, 7) is 3.76. The summed E-state index contributed by atoms with van der Waals surface area (Å²) in [6, 6.07) is 5.36. The molecule has 1 N–H and O–H groups in total. The molecule has 0 bridgehead atoms. The van der Waals surface area contributed by atoms with Crippen LogP contribution in [0.3, 0.4) is 0 Å². The Bertz CT molecular complexity index is 626. The lowest BCUT2D eigenvalue weighted by molar-refractivity contribution is -0.137. The zero-order valence-electron chi connectivity index (χ0n) is 12.0. The van der Waals surface area contributed by atoms with Gasteiger partial charge in [-0.3, -0.25) is 0 Å². The number of rotatable bonds is 3. The van der Waals surface area contributed by atoms with Gasteiger partial charge in [0.15, 0.2) is 5.82 Å². The molecule has 0 aliphatic heterocycles. The van der Waals surface area contributed by atoms with Crippen LogP contribution in [0, 0.1) is 6.92 Å². The molecule has 0 atom stereocenters. The van der Waals surface area contributed by atoms with Crippen molar-refractivity contribution in [3.63, 3.8) is 0 Å². The van der Waals surface area contributed by atoms with Crippen LogP contribution >= 0.6 is 0 Å². The van der Waals surface area contributed by atoms with Gasteiger partial charge in [0.05, 0.1) is 5.56 Å². The fourth-order valence-corrected chi connectivity index (χ4v) is 2.20. The van der Waals surface area contributed by atoms with Crippen molar-refractivity contribution >= 4 is 5.82 Å². The zero-order chi connectivity index (χ0) is 15.6. The summed E-state index contributed by atoms with van der Waals surface area (Å²) in [5.74, 6) is 0.642. The van der Waals surface area contributed by atoms with Crippen LogP contribution in [0.5, 0.6) is 0 Å². The maximum Gasteiger partial charge on any atom is 0.417 e. The summed E-state index contributed by atoms with van der Waals surface area (Å²) in [4.78, 5) is 8.51. The van der Waals surface area contributed by atoms with Gasteiger partial charge in [-0.25, -0.2) is 9.97 Å². The monoisotopic (exact) mass is 295 g/mol. The molecular weight excluding hydrogens is 279 g/mol. The maximum atomic E-state index is 13.1. The third-order valence-corrected chi connectivity index (χ3v) is 3.29. The summed E-state index contributed by atoms with van der Waals surface area (Å²) in [5, 5.41) is 2.91. The van der Waals surface area contributed by atoms with Crippen LogP contribution in [0.1, 0.15) is 23.7 Å². The Hall–Kier alpha value is -2.11. The maximum absolute atomic E-state index is 13.1. The lowest BCUT2D eigenvalue weighted by atomic mass is 10.1. The summed E-state index contributed by atoms with van der Waals surface area (Å²) in [7, 11) is 1.69. The first-order chi connectivity index (χ1) is 9.88. The minimum Gasteiger partial charge on any atom is -0.373 e. The van der Waals surface area contributed by atoms with Crippen molar-refractivity contribution in [1.82, 2.24) is 9.97 Å². The van der Waals surface area contributed by atoms with Crippen LogP contribution in [0.25, 0.3) is 11.4 Å². The van der Waals surface area contributed by atoms with Gasteiger partial charge >= 0.3 is 6.18 Å². The third kappa shape index (κ3) is 2.99. The van der Waals surface area contributed by atoms with E-state index in [0.29, 0.717) is 12.2 Å². The number of halogens is 3. The number of benzene rings is 1. The van der Waals surface area contributed by atoms with Gasteiger partial charge in [0.2, 0.25) is 0 Å². The second kappa shape index (κ2) is 5.71. The Balaban J connectivity index is 2.68. The quantitative estimate of drug-likeness (QED) is 0.927. The van der Waals surface area contributed by atoms with Crippen molar-refractivity contribution in [2.45, 2.75) is 26.4 Å². The number of hydrogen-bond acceptors (Lipinski definition) is 3. The van der Waals surface area contributed by atoms with Crippen LogP contribution < -0.4 is 5.32 Å². The van der Waals surface area contributed by atoms with E-state index >= 15 is 0 Å². The van der Waals surface area contributed by atoms with E-state index in [1.807, 2.05) is 13.8 Å². The van der Waals surface area contributed by atoms with Gasteiger partial charge in [-0.05, 0) is 19.4 Å². The molecular formula is C15H16F3N3. The minimum atomic E-state index is -4.43. The lowest BCUT2D eigenvalue weighted by Crippen LogP contribution is -2.10. The highest BCUT2D eigenvalue weighted by molar-refractivity contribution is 5.64. The molecule has 0 fully saturated rings. The average molecular weight is 295 g/mol. The van der Waals surface area contributed by atoms with E-state index in [1.54, 1.807) is 13.1 Å². The molecule has 0 saturated carbocycles. The van der Waals surface area contributed by atoms with Crippen molar-refractivity contribution in [3.05, 3.63) is 41.1 Å². The van der Waals surface area contributed by atoms with Crippen LogP contribution in [-0.2, 0) is 12.6 Å². The van der Waals surface area contributed by atoms with E-state index < -0.39 is 11.7 Å². The topological polar surface area (TPSA) is 37.8 Å². The minimum absolute atomic E-state index is 0.00352. The molecule has 1 aromatic carbocycles. The molecule has 1 aromatic heterocycles. The normalized spacial score (nSPS) is 11.5. The first-order valence-corrected chi connectivity index (χ1v) is 6.60. The molecule has 21 heavy (non-hydrogen) atoms. The van der Waals surface area contributed by atoms with Crippen molar-refractivity contribution in [2.75, 3.05) is 12.4 Å².